The minimum absolute atomic E-state index is 0.102. The molecule has 2 aliphatic heterocycles. The molecule has 0 saturated carbocycles. The van der Waals surface area contributed by atoms with Crippen LogP contribution in [0.4, 0.5) is 5.69 Å². The highest BCUT2D eigenvalue weighted by Crippen LogP contribution is 2.36. The van der Waals surface area contributed by atoms with Gasteiger partial charge in [-0.3, -0.25) is 14.5 Å². The van der Waals surface area contributed by atoms with E-state index in [2.05, 4.69) is 52.4 Å². The molecule has 3 aromatic rings. The predicted octanol–water partition coefficient (Wildman–Crippen LogP) is 4.36. The van der Waals surface area contributed by atoms with Gasteiger partial charge in [-0.15, -0.1) is 0 Å². The Morgan fingerprint density at radius 2 is 1.94 bits per heavy atom. The number of carbonyl (C=O) groups is 1. The zero-order chi connectivity index (χ0) is 22.2. The molecule has 3 heterocycles. The van der Waals surface area contributed by atoms with Gasteiger partial charge in [0.15, 0.2) is 10.6 Å². The number of nitrogens with zero attached hydrogens (tertiary/aromatic N) is 4. The molecular formula is C25H29N5OS. The van der Waals surface area contributed by atoms with Crippen molar-refractivity contribution in [2.45, 2.75) is 51.7 Å². The average molecular weight is 448 g/mol. The normalized spacial score (nSPS) is 18.8. The molecule has 1 fully saturated rings. The number of aromatic amines is 1. The highest BCUT2D eigenvalue weighted by molar-refractivity contribution is 7.71. The van der Waals surface area contributed by atoms with E-state index in [1.807, 2.05) is 34.6 Å². The van der Waals surface area contributed by atoms with E-state index < -0.39 is 0 Å². The second kappa shape index (κ2) is 8.54. The summed E-state index contributed by atoms with van der Waals surface area (Å²) in [4.78, 5) is 17.7. The molecule has 0 spiro atoms. The van der Waals surface area contributed by atoms with Gasteiger partial charge in [-0.2, -0.15) is 5.10 Å². The molecule has 2 aliphatic rings. The Morgan fingerprint density at radius 1 is 1.16 bits per heavy atom. The molecule has 0 radical (unpaired) electrons. The van der Waals surface area contributed by atoms with E-state index >= 15 is 0 Å². The van der Waals surface area contributed by atoms with Crippen LogP contribution in [0.15, 0.2) is 48.5 Å². The van der Waals surface area contributed by atoms with Crippen molar-refractivity contribution in [3.63, 3.8) is 0 Å². The van der Waals surface area contributed by atoms with Gasteiger partial charge in [0.25, 0.3) is 0 Å². The monoisotopic (exact) mass is 447 g/mol. The SMILES string of the molecule is Cc1cccc(-c2n[nH]c(=S)n2CC(=O)N2CCC(N3c4ccccc4CC3C)CC2)c1. The molecule has 32 heavy (non-hydrogen) atoms. The van der Waals surface area contributed by atoms with Crippen molar-refractivity contribution < 1.29 is 4.79 Å². The van der Waals surface area contributed by atoms with Gasteiger partial charge in [-0.05, 0) is 63.0 Å². The third-order valence-corrected chi connectivity index (χ3v) is 7.11. The summed E-state index contributed by atoms with van der Waals surface area (Å²) in [5.41, 5.74) is 4.92. The number of fused-ring (bicyclic) bond motifs is 1. The number of nitrogens with one attached hydrogen (secondary N) is 1. The molecule has 1 unspecified atom stereocenters. The van der Waals surface area contributed by atoms with E-state index in [1.165, 1.54) is 11.3 Å². The van der Waals surface area contributed by atoms with Crippen LogP contribution in [0.25, 0.3) is 11.4 Å². The van der Waals surface area contributed by atoms with Gasteiger partial charge in [0.2, 0.25) is 5.91 Å². The largest absolute Gasteiger partial charge is 0.365 e. The van der Waals surface area contributed by atoms with Crippen molar-refractivity contribution in [2.75, 3.05) is 18.0 Å². The summed E-state index contributed by atoms with van der Waals surface area (Å²) in [6, 6.07) is 17.8. The standard InChI is InChI=1S/C25H29N5OS/c1-17-6-5-8-20(14-17)24-26-27-25(32)29(24)16-23(31)28-12-10-21(11-13-28)30-18(2)15-19-7-3-4-9-22(19)30/h3-9,14,18,21H,10-13,15-16H2,1-2H3,(H,27,32). The maximum atomic E-state index is 13.2. The summed E-state index contributed by atoms with van der Waals surface area (Å²) in [6.45, 7) is 6.13. The molecule has 1 atom stereocenters. The zero-order valence-corrected chi connectivity index (χ0v) is 19.4. The lowest BCUT2D eigenvalue weighted by molar-refractivity contribution is -0.132. The van der Waals surface area contributed by atoms with E-state index in [4.69, 9.17) is 12.2 Å². The molecule has 1 N–H and O–H groups in total. The van der Waals surface area contributed by atoms with Crippen LogP contribution in [-0.4, -0.2) is 50.7 Å². The number of H-pyrrole nitrogens is 1. The van der Waals surface area contributed by atoms with Crippen molar-refractivity contribution >= 4 is 23.8 Å². The molecule has 6 nitrogen and oxygen atoms in total. The summed E-state index contributed by atoms with van der Waals surface area (Å²) in [6.07, 6.45) is 3.09. The highest BCUT2D eigenvalue weighted by Gasteiger charge is 2.34. The number of aromatic nitrogens is 3. The second-order valence-electron chi connectivity index (χ2n) is 9.01. The Hall–Kier alpha value is -2.93. The van der Waals surface area contributed by atoms with Gasteiger partial charge in [0.05, 0.1) is 0 Å². The van der Waals surface area contributed by atoms with Crippen LogP contribution in [0.2, 0.25) is 0 Å². The van der Waals surface area contributed by atoms with Crippen LogP contribution in [0.5, 0.6) is 0 Å². The number of hydrogen-bond acceptors (Lipinski definition) is 4. The number of hydrogen-bond donors (Lipinski definition) is 1. The Labute approximate surface area is 193 Å². The van der Waals surface area contributed by atoms with Gasteiger partial charge in [-0.1, -0.05) is 42.0 Å². The lowest BCUT2D eigenvalue weighted by Gasteiger charge is -2.40. The minimum Gasteiger partial charge on any atom is -0.365 e. The summed E-state index contributed by atoms with van der Waals surface area (Å²) >= 11 is 5.43. The molecule has 166 valence electrons. The molecule has 0 bridgehead atoms. The van der Waals surface area contributed by atoms with E-state index in [-0.39, 0.29) is 12.5 Å². The topological polar surface area (TPSA) is 57.2 Å². The Bertz CT molecular complexity index is 1190. The predicted molar refractivity (Wildman–Crippen MR) is 129 cm³/mol. The van der Waals surface area contributed by atoms with E-state index in [1.54, 1.807) is 0 Å². The van der Waals surface area contributed by atoms with Crippen molar-refractivity contribution in [1.29, 1.82) is 0 Å². The minimum atomic E-state index is 0.102. The van der Waals surface area contributed by atoms with Crippen LogP contribution in [0, 0.1) is 11.7 Å². The summed E-state index contributed by atoms with van der Waals surface area (Å²) < 4.78 is 2.30. The van der Waals surface area contributed by atoms with Gasteiger partial charge in [-0.25, -0.2) is 0 Å². The Morgan fingerprint density at radius 3 is 2.72 bits per heavy atom. The number of anilines is 1. The van der Waals surface area contributed by atoms with Crippen molar-refractivity contribution in [3.05, 3.63) is 64.4 Å². The maximum absolute atomic E-state index is 13.2. The van der Waals surface area contributed by atoms with Crippen LogP contribution >= 0.6 is 12.2 Å². The third-order valence-electron chi connectivity index (χ3n) is 6.80. The van der Waals surface area contributed by atoms with Crippen LogP contribution in [-0.2, 0) is 17.8 Å². The van der Waals surface area contributed by atoms with Gasteiger partial charge >= 0.3 is 0 Å². The van der Waals surface area contributed by atoms with Crippen molar-refractivity contribution in [2.24, 2.45) is 0 Å². The maximum Gasteiger partial charge on any atom is 0.242 e. The van der Waals surface area contributed by atoms with Gasteiger partial charge < -0.3 is 9.80 Å². The van der Waals surface area contributed by atoms with Gasteiger partial charge in [0.1, 0.15) is 6.54 Å². The lowest BCUT2D eigenvalue weighted by atomic mass is 10.0. The fourth-order valence-electron chi connectivity index (χ4n) is 5.24. The molecular weight excluding hydrogens is 418 g/mol. The number of carbonyl (C=O) groups excluding carboxylic acids is 1. The van der Waals surface area contributed by atoms with Crippen LogP contribution in [0.1, 0.15) is 30.9 Å². The number of para-hydroxylation sites is 1. The van der Waals surface area contributed by atoms with Crippen molar-refractivity contribution in [1.82, 2.24) is 19.7 Å². The van der Waals surface area contributed by atoms with E-state index in [0.29, 0.717) is 22.7 Å². The molecule has 1 aromatic heterocycles. The summed E-state index contributed by atoms with van der Waals surface area (Å²) in [7, 11) is 0. The molecule has 1 saturated heterocycles. The summed E-state index contributed by atoms with van der Waals surface area (Å²) in [5, 5.41) is 7.25. The van der Waals surface area contributed by atoms with Gasteiger partial charge in [0, 0.05) is 36.4 Å². The first-order valence-corrected chi connectivity index (χ1v) is 11.8. The number of piperidine rings is 1. The van der Waals surface area contributed by atoms with Crippen molar-refractivity contribution in [3.8, 4) is 11.4 Å². The second-order valence-corrected chi connectivity index (χ2v) is 9.40. The molecule has 0 aliphatic carbocycles. The number of rotatable bonds is 4. The highest BCUT2D eigenvalue weighted by atomic mass is 32.1. The number of likely N-dealkylation sites (tertiary alicyclic amines) is 1. The smallest absolute Gasteiger partial charge is 0.242 e. The van der Waals surface area contributed by atoms with Crippen LogP contribution < -0.4 is 4.90 Å². The number of amides is 1. The Kier molecular flexibility index (Phi) is 5.59. The van der Waals surface area contributed by atoms with E-state index in [9.17, 15) is 4.79 Å². The molecule has 7 heteroatoms. The summed E-state index contributed by atoms with van der Waals surface area (Å²) in [5.74, 6) is 0.814. The number of aryl methyl sites for hydroxylation is 1. The molecule has 2 aromatic carbocycles. The fourth-order valence-corrected chi connectivity index (χ4v) is 5.44. The van der Waals surface area contributed by atoms with E-state index in [0.717, 1.165) is 43.5 Å². The third kappa shape index (κ3) is 3.86. The zero-order valence-electron chi connectivity index (χ0n) is 18.6. The molecule has 5 rings (SSSR count). The first-order chi connectivity index (χ1) is 15.5. The average Bonchev–Trinajstić information content (AvgIpc) is 3.32. The quantitative estimate of drug-likeness (QED) is 0.604. The first-order valence-electron chi connectivity index (χ1n) is 11.4. The Balaban J connectivity index is 1.27. The first kappa shape index (κ1) is 20.9. The number of benzene rings is 2. The molecule has 1 amide bonds. The fraction of sp³-hybridized carbons (Fsp3) is 0.400. The van der Waals surface area contributed by atoms with Crippen LogP contribution in [0.3, 0.4) is 0 Å². The lowest BCUT2D eigenvalue weighted by Crippen LogP contribution is -2.49.